The standard InChI is InChI=1S/C54H60N2Si2.C19H27NSi.C16H8Br2/c1-35(2)57(9,10)45-31-37(5)53(38(6)32-45)55(43-19-15-13-16-20-43)49-29-25-41-24-28-48-50(30-26-42-23-27-47(49)51(41)52(42)48)56(44-21-17-14-18-22-44)54-39(7)33-46(34-40(54)8)58(11,12)36(3)4;1-14(2)21(5,6)18-12-15(3)19(16(4)13-18)20-17-10-8-7-9-11-17;17-13-8-4-10-2-6-12-14(18)7-3-9-1-5-11(13)16(10)15(9)12/h13-36H,1-12H3;7-14,20H,1-6H3;1-8H. The molecule has 0 aromatic heterocycles. The largest absolute Gasteiger partial charge is 0.355 e. The van der Waals surface area contributed by atoms with Crippen LogP contribution in [0.4, 0.5) is 45.5 Å². The van der Waals surface area contributed by atoms with Crippen molar-refractivity contribution < 1.29 is 0 Å². The summed E-state index contributed by atoms with van der Waals surface area (Å²) in [5.74, 6) is 0. The van der Waals surface area contributed by atoms with Crippen molar-refractivity contribution >= 4 is 182 Å². The fraction of sp³-hybridized carbons (Fsp3) is 0.236. The van der Waals surface area contributed by atoms with Gasteiger partial charge in [-0.15, -0.1) is 0 Å². The predicted molar refractivity (Wildman–Crippen MR) is 446 cm³/mol. The number of rotatable bonds is 14. The lowest BCUT2D eigenvalue weighted by Gasteiger charge is -2.34. The minimum atomic E-state index is -1.63. The van der Waals surface area contributed by atoms with Crippen LogP contribution in [0.3, 0.4) is 0 Å². The maximum absolute atomic E-state index is 3.65. The SMILES string of the molecule is Brc1ccc2ccc3c(Br)ccc4ccc1c2c43.Cc1cc([Si](C)(C)C(C)C)cc(C)c1N(c1ccccc1)c1ccc2ccc3c(N(c4ccccc4)c4c(C)cc([Si](C)(C)C(C)C)cc4C)ccc4ccc1c2c43.Cc1cc([Si](C)(C)C(C)C)cc(C)c1Nc1ccccc1. The van der Waals surface area contributed by atoms with Gasteiger partial charge in [0.25, 0.3) is 0 Å². The molecule has 0 saturated carbocycles. The van der Waals surface area contributed by atoms with Gasteiger partial charge >= 0.3 is 0 Å². The van der Waals surface area contributed by atoms with Crippen LogP contribution in [-0.4, -0.2) is 24.2 Å². The highest BCUT2D eigenvalue weighted by atomic mass is 79.9. The zero-order valence-corrected chi connectivity index (χ0v) is 66.4. The molecule has 0 heterocycles. The van der Waals surface area contributed by atoms with E-state index in [0.29, 0.717) is 11.1 Å². The maximum Gasteiger partial charge on any atom is 0.0831 e. The second-order valence-electron chi connectivity index (χ2n) is 30.0. The monoisotopic (exact) mass is 1450 g/mol. The number of nitrogens with one attached hydrogen (secondary N) is 1. The molecule has 0 aliphatic rings. The zero-order valence-electron chi connectivity index (χ0n) is 60.2. The number of aryl methyl sites for hydroxylation is 6. The van der Waals surface area contributed by atoms with E-state index in [1.54, 1.807) is 5.19 Å². The minimum Gasteiger partial charge on any atom is -0.355 e. The van der Waals surface area contributed by atoms with Crippen molar-refractivity contribution in [3.8, 4) is 0 Å². The molecule has 0 saturated heterocycles. The van der Waals surface area contributed by atoms with Crippen LogP contribution >= 0.6 is 31.9 Å². The lowest BCUT2D eigenvalue weighted by Crippen LogP contribution is -2.44. The van der Waals surface area contributed by atoms with Crippen molar-refractivity contribution in [3.05, 3.63) is 267 Å². The van der Waals surface area contributed by atoms with Crippen LogP contribution in [0.15, 0.2) is 233 Å². The Morgan fingerprint density at radius 2 is 0.577 bits per heavy atom. The summed E-state index contributed by atoms with van der Waals surface area (Å²) in [6, 6.07) is 83.3. The first-order valence-corrected chi connectivity index (χ1v) is 45.6. The van der Waals surface area contributed by atoms with Crippen LogP contribution in [-0.2, 0) is 0 Å². The lowest BCUT2D eigenvalue weighted by atomic mass is 9.91. The van der Waals surface area contributed by atoms with E-state index in [1.165, 1.54) is 148 Å². The quantitative estimate of drug-likeness (QED) is 0.0865. The summed E-state index contributed by atoms with van der Waals surface area (Å²) in [5.41, 5.74) is 19.7. The third-order valence-electron chi connectivity index (χ3n) is 22.3. The molecule has 97 heavy (non-hydrogen) atoms. The Kier molecular flexibility index (Phi) is 19.6. The summed E-state index contributed by atoms with van der Waals surface area (Å²) >= 11 is 7.30. The van der Waals surface area contributed by atoms with Crippen molar-refractivity contribution in [2.45, 2.75) is 139 Å². The Balaban J connectivity index is 0.000000185. The smallest absolute Gasteiger partial charge is 0.0831 e. The lowest BCUT2D eigenvalue weighted by molar-refractivity contribution is 1.02. The molecule has 0 atom stereocenters. The zero-order chi connectivity index (χ0) is 69.2. The van der Waals surface area contributed by atoms with Gasteiger partial charge in [0.15, 0.2) is 0 Å². The second kappa shape index (κ2) is 27.5. The third-order valence-corrected chi connectivity index (χ3v) is 37.6. The van der Waals surface area contributed by atoms with Crippen LogP contribution in [0.25, 0.3) is 64.6 Å². The Bertz CT molecular complexity index is 4860. The van der Waals surface area contributed by atoms with Gasteiger partial charge in [-0.25, -0.2) is 0 Å². The minimum absolute atomic E-state index is 0.661. The Morgan fingerprint density at radius 1 is 0.309 bits per heavy atom. The molecular weight excluding hydrogens is 1360 g/mol. The third kappa shape index (κ3) is 13.0. The molecule has 0 radical (unpaired) electrons. The van der Waals surface area contributed by atoms with E-state index in [0.717, 1.165) is 20.2 Å². The van der Waals surface area contributed by atoms with Crippen LogP contribution in [0.1, 0.15) is 74.9 Å². The number of hydrogen-bond acceptors (Lipinski definition) is 3. The van der Waals surface area contributed by atoms with E-state index >= 15 is 0 Å². The fourth-order valence-corrected chi connectivity index (χ4v) is 20.8. The van der Waals surface area contributed by atoms with Gasteiger partial charge in [-0.3, -0.25) is 0 Å². The van der Waals surface area contributed by atoms with Crippen LogP contribution in [0.2, 0.25) is 55.9 Å². The van der Waals surface area contributed by atoms with Crippen LogP contribution in [0, 0.1) is 41.5 Å². The molecular formula is C89H95Br2N3Si3. The number of benzene rings is 14. The normalized spacial score (nSPS) is 12.2. The highest BCUT2D eigenvalue weighted by molar-refractivity contribution is 9.11. The summed E-state index contributed by atoms with van der Waals surface area (Å²) < 4.78 is 2.31. The highest BCUT2D eigenvalue weighted by Crippen LogP contribution is 2.50. The number of hydrogen-bond donors (Lipinski definition) is 1. The van der Waals surface area contributed by atoms with Crippen molar-refractivity contribution in [1.82, 2.24) is 0 Å². The predicted octanol–water partition coefficient (Wildman–Crippen LogP) is 26.9. The molecule has 0 aliphatic heterocycles. The number of halogens is 2. The summed E-state index contributed by atoms with van der Waals surface area (Å²) in [5, 5.41) is 23.7. The van der Waals surface area contributed by atoms with Gasteiger partial charge in [-0.05, 0) is 206 Å². The summed E-state index contributed by atoms with van der Waals surface area (Å²) in [6.45, 7) is 43.0. The average Bonchev–Trinajstić information content (AvgIpc) is 0.720. The molecule has 1 N–H and O–H groups in total. The van der Waals surface area contributed by atoms with Crippen LogP contribution < -0.4 is 30.7 Å². The molecule has 3 nitrogen and oxygen atoms in total. The van der Waals surface area contributed by atoms with E-state index in [2.05, 4.69) is 388 Å². The molecule has 8 heteroatoms. The Morgan fingerprint density at radius 3 is 0.897 bits per heavy atom. The van der Waals surface area contributed by atoms with Gasteiger partial charge in [-0.1, -0.05) is 292 Å². The van der Waals surface area contributed by atoms with E-state index < -0.39 is 24.2 Å². The molecule has 14 aromatic rings. The molecule has 14 aromatic carbocycles. The van der Waals surface area contributed by atoms with Crippen molar-refractivity contribution in [2.24, 2.45) is 0 Å². The van der Waals surface area contributed by atoms with Gasteiger partial charge < -0.3 is 15.1 Å². The van der Waals surface area contributed by atoms with Gasteiger partial charge in [-0.2, -0.15) is 0 Å². The topological polar surface area (TPSA) is 18.5 Å². The van der Waals surface area contributed by atoms with E-state index in [1.807, 2.05) is 6.07 Å². The fourth-order valence-electron chi connectivity index (χ4n) is 14.4. The van der Waals surface area contributed by atoms with Crippen LogP contribution in [0.5, 0.6) is 0 Å². The van der Waals surface area contributed by atoms with E-state index in [9.17, 15) is 0 Å². The first-order chi connectivity index (χ1) is 46.2. The first kappa shape index (κ1) is 69.1. The molecule has 14 rings (SSSR count). The average molecular weight is 1450 g/mol. The first-order valence-electron chi connectivity index (χ1n) is 34.8. The van der Waals surface area contributed by atoms with Gasteiger partial charge in [0.05, 0.1) is 47.0 Å². The van der Waals surface area contributed by atoms with Gasteiger partial charge in [0.1, 0.15) is 0 Å². The molecule has 492 valence electrons. The van der Waals surface area contributed by atoms with E-state index in [-0.39, 0.29) is 0 Å². The Labute approximate surface area is 598 Å². The number of nitrogens with zero attached hydrogens (tertiary/aromatic N) is 2. The molecule has 0 fully saturated rings. The van der Waals surface area contributed by atoms with Crippen molar-refractivity contribution in [1.29, 1.82) is 0 Å². The van der Waals surface area contributed by atoms with Gasteiger partial charge in [0, 0.05) is 42.5 Å². The second-order valence-corrected chi connectivity index (χ2v) is 47.2. The summed E-state index contributed by atoms with van der Waals surface area (Å²) in [4.78, 5) is 5.05. The van der Waals surface area contributed by atoms with Gasteiger partial charge in [0.2, 0.25) is 0 Å². The van der Waals surface area contributed by atoms with Crippen molar-refractivity contribution in [2.75, 3.05) is 15.1 Å². The molecule has 0 aliphatic carbocycles. The molecule has 0 bridgehead atoms. The highest BCUT2D eigenvalue weighted by Gasteiger charge is 2.33. The Hall–Kier alpha value is -7.83. The van der Waals surface area contributed by atoms with E-state index in [4.69, 9.17) is 0 Å². The van der Waals surface area contributed by atoms with Crippen molar-refractivity contribution in [3.63, 3.8) is 0 Å². The number of para-hydroxylation sites is 3. The molecule has 0 spiro atoms. The number of anilines is 8. The summed E-state index contributed by atoms with van der Waals surface area (Å²) in [7, 11) is -4.63. The summed E-state index contributed by atoms with van der Waals surface area (Å²) in [6.07, 6.45) is 0. The maximum atomic E-state index is 3.65. The molecule has 0 unspecified atom stereocenters. The molecule has 0 amide bonds.